The summed E-state index contributed by atoms with van der Waals surface area (Å²) in [6.07, 6.45) is 0. The zero-order valence-electron chi connectivity index (χ0n) is 7.57. The van der Waals surface area contributed by atoms with Crippen LogP contribution in [0.25, 0.3) is 0 Å². The SMILES string of the molecule is N#Cc1c(N)c(C#N)c(N)c(C#N)c1N. The van der Waals surface area contributed by atoms with E-state index in [0.29, 0.717) is 0 Å². The Kier molecular flexibility index (Phi) is 2.34. The molecule has 1 aromatic rings. The molecule has 0 amide bonds. The van der Waals surface area contributed by atoms with Gasteiger partial charge in [0.15, 0.2) is 0 Å². The fraction of sp³-hybridized carbons (Fsp3) is 0. The van der Waals surface area contributed by atoms with E-state index in [2.05, 4.69) is 0 Å². The molecule has 0 bridgehead atoms. The number of benzene rings is 1. The van der Waals surface area contributed by atoms with Crippen LogP contribution in [0.2, 0.25) is 0 Å². The third-order valence-electron chi connectivity index (χ3n) is 1.95. The van der Waals surface area contributed by atoms with E-state index in [0.717, 1.165) is 0 Å². The molecule has 15 heavy (non-hydrogen) atoms. The fourth-order valence-electron chi connectivity index (χ4n) is 1.17. The van der Waals surface area contributed by atoms with E-state index in [1.54, 1.807) is 18.2 Å². The Morgan fingerprint density at radius 3 is 0.933 bits per heavy atom. The fourth-order valence-corrected chi connectivity index (χ4v) is 1.17. The number of nitrogen functional groups attached to an aromatic ring is 3. The van der Waals surface area contributed by atoms with E-state index in [-0.39, 0.29) is 33.8 Å². The highest BCUT2D eigenvalue weighted by Crippen LogP contribution is 2.32. The van der Waals surface area contributed by atoms with Crippen LogP contribution < -0.4 is 17.2 Å². The van der Waals surface area contributed by atoms with Gasteiger partial charge in [-0.1, -0.05) is 0 Å². The molecule has 0 heterocycles. The summed E-state index contributed by atoms with van der Waals surface area (Å²) >= 11 is 0. The number of nitrogens with two attached hydrogens (primary N) is 3. The summed E-state index contributed by atoms with van der Waals surface area (Å²) in [5, 5.41) is 26.3. The molecule has 6 N–H and O–H groups in total. The lowest BCUT2D eigenvalue weighted by molar-refractivity contribution is 1.42. The predicted molar refractivity (Wildman–Crippen MR) is 53.8 cm³/mol. The van der Waals surface area contributed by atoms with Gasteiger partial charge in [0.05, 0.1) is 17.1 Å². The van der Waals surface area contributed by atoms with E-state index in [1.807, 2.05) is 0 Å². The lowest BCUT2D eigenvalue weighted by Gasteiger charge is -2.09. The monoisotopic (exact) mass is 198 g/mol. The topological polar surface area (TPSA) is 149 Å². The summed E-state index contributed by atoms with van der Waals surface area (Å²) in [7, 11) is 0. The lowest BCUT2D eigenvalue weighted by atomic mass is 9.99. The number of nitriles is 3. The molecule has 0 fully saturated rings. The molecule has 72 valence electrons. The van der Waals surface area contributed by atoms with Crippen LogP contribution in [-0.4, -0.2) is 0 Å². The van der Waals surface area contributed by atoms with Gasteiger partial charge in [-0.15, -0.1) is 0 Å². The van der Waals surface area contributed by atoms with Gasteiger partial charge in [0.25, 0.3) is 0 Å². The molecule has 1 aromatic carbocycles. The predicted octanol–water partition coefficient (Wildman–Crippen LogP) is 0.0482. The number of hydrogen-bond donors (Lipinski definition) is 3. The quantitative estimate of drug-likeness (QED) is 0.501. The molecule has 0 spiro atoms. The minimum absolute atomic E-state index is 0.0858. The minimum atomic E-state index is -0.0889. The van der Waals surface area contributed by atoms with Crippen molar-refractivity contribution < 1.29 is 0 Å². The van der Waals surface area contributed by atoms with Crippen LogP contribution in [-0.2, 0) is 0 Å². The summed E-state index contributed by atoms with van der Waals surface area (Å²) in [5.41, 5.74) is 16.0. The molecular weight excluding hydrogens is 192 g/mol. The molecule has 0 aliphatic carbocycles. The molecule has 1 rings (SSSR count). The molecule has 0 unspecified atom stereocenters. The van der Waals surface area contributed by atoms with Crippen molar-refractivity contribution in [3.05, 3.63) is 16.7 Å². The molecule has 0 saturated heterocycles. The van der Waals surface area contributed by atoms with Gasteiger partial charge in [-0.05, 0) is 0 Å². The standard InChI is InChI=1S/C9H6N6/c10-1-4-7(13)5(2-11)9(15)6(3-12)8(4)14/h13-15H2. The third-order valence-corrected chi connectivity index (χ3v) is 1.95. The average molecular weight is 198 g/mol. The highest BCUT2D eigenvalue weighted by molar-refractivity contribution is 5.87. The number of anilines is 3. The van der Waals surface area contributed by atoms with Crippen molar-refractivity contribution in [1.82, 2.24) is 0 Å². The van der Waals surface area contributed by atoms with Crippen LogP contribution >= 0.6 is 0 Å². The maximum Gasteiger partial charge on any atom is 0.104 e. The maximum absolute atomic E-state index is 8.76. The van der Waals surface area contributed by atoms with Crippen molar-refractivity contribution in [2.45, 2.75) is 0 Å². The average Bonchev–Trinajstić information content (AvgIpc) is 2.19. The second kappa shape index (κ2) is 3.45. The van der Waals surface area contributed by atoms with E-state index in [4.69, 9.17) is 33.0 Å². The van der Waals surface area contributed by atoms with Gasteiger partial charge in [-0.2, -0.15) is 15.8 Å². The maximum atomic E-state index is 8.76. The van der Waals surface area contributed by atoms with Crippen molar-refractivity contribution in [2.24, 2.45) is 0 Å². The first-order valence-electron chi connectivity index (χ1n) is 3.79. The molecular formula is C9H6N6. The van der Waals surface area contributed by atoms with Gasteiger partial charge in [0.1, 0.15) is 34.9 Å². The van der Waals surface area contributed by atoms with Gasteiger partial charge in [-0.3, -0.25) is 0 Å². The van der Waals surface area contributed by atoms with Crippen LogP contribution in [0.3, 0.4) is 0 Å². The van der Waals surface area contributed by atoms with Gasteiger partial charge in [0.2, 0.25) is 0 Å². The first kappa shape index (κ1) is 10.2. The largest absolute Gasteiger partial charge is 0.396 e. The van der Waals surface area contributed by atoms with Gasteiger partial charge < -0.3 is 17.2 Å². The first-order valence-corrected chi connectivity index (χ1v) is 3.79. The molecule has 0 radical (unpaired) electrons. The van der Waals surface area contributed by atoms with Crippen LogP contribution in [0, 0.1) is 34.0 Å². The van der Waals surface area contributed by atoms with Crippen molar-refractivity contribution in [1.29, 1.82) is 15.8 Å². The van der Waals surface area contributed by atoms with Crippen LogP contribution in [0.5, 0.6) is 0 Å². The normalized spacial score (nSPS) is 8.60. The van der Waals surface area contributed by atoms with Crippen molar-refractivity contribution in [3.63, 3.8) is 0 Å². The van der Waals surface area contributed by atoms with E-state index in [9.17, 15) is 0 Å². The third kappa shape index (κ3) is 1.25. The van der Waals surface area contributed by atoms with Crippen molar-refractivity contribution in [3.8, 4) is 18.2 Å². The van der Waals surface area contributed by atoms with E-state index >= 15 is 0 Å². The van der Waals surface area contributed by atoms with E-state index in [1.165, 1.54) is 0 Å². The Hall–Kier alpha value is -2.91. The Bertz CT molecular complexity index is 450. The minimum Gasteiger partial charge on any atom is -0.396 e. The van der Waals surface area contributed by atoms with Crippen molar-refractivity contribution >= 4 is 17.1 Å². The second-order valence-electron chi connectivity index (χ2n) is 2.70. The zero-order chi connectivity index (χ0) is 11.6. The summed E-state index contributed by atoms with van der Waals surface area (Å²) in [4.78, 5) is 0. The highest BCUT2D eigenvalue weighted by atomic mass is 14.7. The molecule has 0 aliphatic rings. The number of hydrogen-bond acceptors (Lipinski definition) is 6. The number of nitrogens with zero attached hydrogens (tertiary/aromatic N) is 3. The Balaban J connectivity index is 3.88. The van der Waals surface area contributed by atoms with Crippen LogP contribution in [0.15, 0.2) is 0 Å². The summed E-state index contributed by atoms with van der Waals surface area (Å²) in [6.45, 7) is 0. The van der Waals surface area contributed by atoms with Gasteiger partial charge in [-0.25, -0.2) is 0 Å². The Morgan fingerprint density at radius 2 is 0.800 bits per heavy atom. The molecule has 0 aromatic heterocycles. The second-order valence-corrected chi connectivity index (χ2v) is 2.70. The smallest absolute Gasteiger partial charge is 0.104 e. The van der Waals surface area contributed by atoms with Gasteiger partial charge >= 0.3 is 0 Å². The summed E-state index contributed by atoms with van der Waals surface area (Å²) in [5.74, 6) is 0. The van der Waals surface area contributed by atoms with Gasteiger partial charge in [0, 0.05) is 0 Å². The molecule has 0 aliphatic heterocycles. The Labute approximate surface area is 85.7 Å². The lowest BCUT2D eigenvalue weighted by Crippen LogP contribution is -2.07. The number of rotatable bonds is 0. The van der Waals surface area contributed by atoms with Crippen LogP contribution in [0.1, 0.15) is 16.7 Å². The summed E-state index contributed by atoms with van der Waals surface area (Å²) in [6, 6.07) is 5.20. The summed E-state index contributed by atoms with van der Waals surface area (Å²) < 4.78 is 0. The van der Waals surface area contributed by atoms with Crippen LogP contribution in [0.4, 0.5) is 17.1 Å². The van der Waals surface area contributed by atoms with Crippen molar-refractivity contribution in [2.75, 3.05) is 17.2 Å². The molecule has 6 heteroatoms. The van der Waals surface area contributed by atoms with E-state index < -0.39 is 0 Å². The first-order chi connectivity index (χ1) is 7.08. The molecule has 6 nitrogen and oxygen atoms in total. The Morgan fingerprint density at radius 1 is 0.600 bits per heavy atom. The molecule has 0 saturated carbocycles. The highest BCUT2D eigenvalue weighted by Gasteiger charge is 2.18. The zero-order valence-corrected chi connectivity index (χ0v) is 7.57. The molecule has 0 atom stereocenters.